The third kappa shape index (κ3) is 4.37. The van der Waals surface area contributed by atoms with Gasteiger partial charge in [0.15, 0.2) is 17.4 Å². The molecule has 24 heavy (non-hydrogen) atoms. The quantitative estimate of drug-likeness (QED) is 0.378. The van der Waals surface area contributed by atoms with Crippen molar-refractivity contribution in [3.8, 4) is 17.2 Å². The molecule has 0 aliphatic heterocycles. The second kappa shape index (κ2) is 9.39. The van der Waals surface area contributed by atoms with E-state index < -0.39 is 17.9 Å². The lowest BCUT2D eigenvalue weighted by molar-refractivity contribution is -0.157. The van der Waals surface area contributed by atoms with E-state index in [1.165, 1.54) is 26.4 Å². The number of rotatable bonds is 9. The van der Waals surface area contributed by atoms with Crippen molar-refractivity contribution in [2.75, 3.05) is 27.4 Å². The molecule has 0 spiro atoms. The van der Waals surface area contributed by atoms with Crippen LogP contribution in [-0.4, -0.2) is 45.8 Å². The van der Waals surface area contributed by atoms with E-state index >= 15 is 0 Å². The number of carbonyl (C=O) groups excluding carboxylic acids is 3. The minimum Gasteiger partial charge on any atom is -0.493 e. The van der Waals surface area contributed by atoms with Gasteiger partial charge in [0, 0.05) is 11.6 Å². The number of carbonyl (C=O) groups is 3. The van der Waals surface area contributed by atoms with E-state index in [0.29, 0.717) is 0 Å². The minimum atomic E-state index is -1.42. The van der Waals surface area contributed by atoms with E-state index in [4.69, 9.17) is 23.7 Å². The second-order valence-corrected chi connectivity index (χ2v) is 4.40. The molecule has 1 rings (SSSR count). The fourth-order valence-corrected chi connectivity index (χ4v) is 2.06. The largest absolute Gasteiger partial charge is 0.493 e. The summed E-state index contributed by atoms with van der Waals surface area (Å²) in [6.07, 6.45) is 0. The fourth-order valence-electron chi connectivity index (χ4n) is 2.06. The molecule has 0 N–H and O–H groups in total. The highest BCUT2D eigenvalue weighted by atomic mass is 16.6. The molecule has 0 amide bonds. The van der Waals surface area contributed by atoms with Gasteiger partial charge in [0.2, 0.25) is 0 Å². The van der Waals surface area contributed by atoms with Crippen molar-refractivity contribution in [2.45, 2.75) is 19.8 Å². The number of hydrogen-bond donors (Lipinski definition) is 0. The van der Waals surface area contributed by atoms with Gasteiger partial charge in [-0.2, -0.15) is 0 Å². The summed E-state index contributed by atoms with van der Waals surface area (Å²) in [7, 11) is 2.79. The van der Waals surface area contributed by atoms with E-state index in [9.17, 15) is 14.4 Å². The normalized spacial score (nSPS) is 10.0. The molecular formula is C16H20O8. The van der Waals surface area contributed by atoms with Crippen LogP contribution in [0.1, 0.15) is 25.3 Å². The molecule has 0 aromatic heterocycles. The number of benzene rings is 1. The van der Waals surface area contributed by atoms with Crippen LogP contribution in [0.5, 0.6) is 17.2 Å². The lowest BCUT2D eigenvalue weighted by Gasteiger charge is -2.19. The van der Waals surface area contributed by atoms with E-state index in [-0.39, 0.29) is 42.5 Å². The summed E-state index contributed by atoms with van der Waals surface area (Å²) in [4.78, 5) is 35.2. The molecule has 0 aliphatic rings. The Morgan fingerprint density at radius 1 is 0.958 bits per heavy atom. The monoisotopic (exact) mass is 340 g/mol. The summed E-state index contributed by atoms with van der Waals surface area (Å²) < 4.78 is 25.0. The molecule has 8 heteroatoms. The molecule has 0 radical (unpaired) electrons. The summed E-state index contributed by atoms with van der Waals surface area (Å²) in [5.41, 5.74) is 0.0802. The molecule has 0 fully saturated rings. The molecule has 1 aromatic rings. The Balaban J connectivity index is 3.50. The van der Waals surface area contributed by atoms with E-state index in [0.717, 1.165) is 0 Å². The zero-order chi connectivity index (χ0) is 18.1. The molecule has 0 unspecified atom stereocenters. The predicted molar refractivity (Wildman–Crippen MR) is 82.2 cm³/mol. The predicted octanol–water partition coefficient (Wildman–Crippen LogP) is 1.45. The van der Waals surface area contributed by atoms with Crippen molar-refractivity contribution < 1.29 is 38.1 Å². The van der Waals surface area contributed by atoms with Crippen molar-refractivity contribution in [3.63, 3.8) is 0 Å². The van der Waals surface area contributed by atoms with Crippen molar-refractivity contribution >= 4 is 18.4 Å². The number of methoxy groups -OCH3 is 2. The third-order valence-corrected chi connectivity index (χ3v) is 3.05. The van der Waals surface area contributed by atoms with Crippen LogP contribution >= 0.6 is 0 Å². The van der Waals surface area contributed by atoms with Gasteiger partial charge in [-0.15, -0.1) is 0 Å². The van der Waals surface area contributed by atoms with Crippen molar-refractivity contribution in [2.24, 2.45) is 0 Å². The molecule has 0 aliphatic carbocycles. The lowest BCUT2D eigenvalue weighted by atomic mass is 9.97. The Morgan fingerprint density at radius 2 is 1.46 bits per heavy atom. The fraction of sp³-hybridized carbons (Fsp3) is 0.438. The molecule has 8 nitrogen and oxygen atoms in total. The highest BCUT2D eigenvalue weighted by Gasteiger charge is 2.35. The third-order valence-electron chi connectivity index (χ3n) is 3.05. The summed E-state index contributed by atoms with van der Waals surface area (Å²) in [5, 5.41) is 0. The molecule has 0 saturated carbocycles. The first kappa shape index (κ1) is 19.3. The van der Waals surface area contributed by atoms with Crippen molar-refractivity contribution in [1.82, 2.24) is 0 Å². The van der Waals surface area contributed by atoms with Crippen molar-refractivity contribution in [3.05, 3.63) is 17.7 Å². The summed E-state index contributed by atoms with van der Waals surface area (Å²) >= 11 is 0. The van der Waals surface area contributed by atoms with Crippen LogP contribution < -0.4 is 14.2 Å². The minimum absolute atomic E-state index is 0.0336. The summed E-state index contributed by atoms with van der Waals surface area (Å²) in [6, 6.07) is 2.71. The number of esters is 2. The molecule has 1 aromatic carbocycles. The van der Waals surface area contributed by atoms with Gasteiger partial charge in [0.25, 0.3) is 6.47 Å². The average Bonchev–Trinajstić information content (AvgIpc) is 2.56. The number of hydrogen-bond acceptors (Lipinski definition) is 8. The van der Waals surface area contributed by atoms with Crippen molar-refractivity contribution in [1.29, 1.82) is 0 Å². The van der Waals surface area contributed by atoms with Gasteiger partial charge >= 0.3 is 11.9 Å². The van der Waals surface area contributed by atoms with Crippen LogP contribution in [0, 0.1) is 0 Å². The van der Waals surface area contributed by atoms with Gasteiger partial charge in [-0.25, -0.2) is 0 Å². The van der Waals surface area contributed by atoms with Crippen LogP contribution in [0.4, 0.5) is 0 Å². The van der Waals surface area contributed by atoms with Gasteiger partial charge < -0.3 is 23.7 Å². The molecule has 0 saturated heterocycles. The topological polar surface area (TPSA) is 97.4 Å². The first-order valence-corrected chi connectivity index (χ1v) is 7.23. The van der Waals surface area contributed by atoms with E-state index in [2.05, 4.69) is 0 Å². The van der Waals surface area contributed by atoms with Crippen LogP contribution in [-0.2, 0) is 23.9 Å². The van der Waals surface area contributed by atoms with Crippen LogP contribution in [0.3, 0.4) is 0 Å². The maximum atomic E-state index is 12.2. The van der Waals surface area contributed by atoms with E-state index in [1.807, 2.05) is 0 Å². The first-order chi connectivity index (χ1) is 11.5. The highest BCUT2D eigenvalue weighted by Crippen LogP contribution is 2.39. The average molecular weight is 340 g/mol. The molecular weight excluding hydrogens is 320 g/mol. The summed E-state index contributed by atoms with van der Waals surface area (Å²) in [5.74, 6) is -2.57. The lowest BCUT2D eigenvalue weighted by Crippen LogP contribution is -2.26. The first-order valence-electron chi connectivity index (χ1n) is 7.23. The molecule has 0 heterocycles. The molecule has 132 valence electrons. The Hall–Kier alpha value is -2.77. The van der Waals surface area contributed by atoms with Gasteiger partial charge in [-0.1, -0.05) is 0 Å². The van der Waals surface area contributed by atoms with Gasteiger partial charge in [0.1, 0.15) is 5.75 Å². The van der Waals surface area contributed by atoms with Gasteiger partial charge in [-0.3, -0.25) is 14.4 Å². The zero-order valence-electron chi connectivity index (χ0n) is 14.0. The maximum absolute atomic E-state index is 12.2. The number of ether oxygens (including phenoxy) is 5. The smallest absolute Gasteiger partial charge is 0.325 e. The molecule has 0 bridgehead atoms. The van der Waals surface area contributed by atoms with Crippen LogP contribution in [0.15, 0.2) is 12.1 Å². The van der Waals surface area contributed by atoms with Gasteiger partial charge in [0.05, 0.1) is 27.4 Å². The highest BCUT2D eigenvalue weighted by molar-refractivity contribution is 6.01. The van der Waals surface area contributed by atoms with Crippen LogP contribution in [0.25, 0.3) is 0 Å². The summed E-state index contributed by atoms with van der Waals surface area (Å²) in [6.45, 7) is 3.55. The zero-order valence-corrected chi connectivity index (χ0v) is 14.0. The SMILES string of the molecule is CCOC(=O)C(C(=O)OCC)c1cc(OC)c(OC)cc1OC=O. The van der Waals surface area contributed by atoms with E-state index in [1.54, 1.807) is 13.8 Å². The second-order valence-electron chi connectivity index (χ2n) is 4.40. The Kier molecular flexibility index (Phi) is 7.54. The Bertz CT molecular complexity index is 578. The Labute approximate surface area is 139 Å². The van der Waals surface area contributed by atoms with Gasteiger partial charge in [-0.05, 0) is 19.9 Å². The Morgan fingerprint density at radius 3 is 1.88 bits per heavy atom. The van der Waals surface area contributed by atoms with Crippen LogP contribution in [0.2, 0.25) is 0 Å². The molecule has 0 atom stereocenters. The maximum Gasteiger partial charge on any atom is 0.325 e. The standard InChI is InChI=1S/C16H20O8/c1-5-22-15(18)14(16(19)23-6-2)10-7-12(20-3)13(21-4)8-11(10)24-9-17/h7-9,14H,5-6H2,1-4H3.